The molecule has 2 aliphatic rings. The van der Waals surface area contributed by atoms with E-state index in [-0.39, 0.29) is 34.3 Å². The zero-order valence-electron chi connectivity index (χ0n) is 17.8. The summed E-state index contributed by atoms with van der Waals surface area (Å²) < 4.78 is 41.8. The smallest absolute Gasteiger partial charge is 0.302 e. The Morgan fingerprint density at radius 1 is 1.18 bits per heavy atom. The van der Waals surface area contributed by atoms with Crippen molar-refractivity contribution in [2.24, 2.45) is 0 Å². The zero-order chi connectivity index (χ0) is 24.2. The molecule has 0 saturated carbocycles. The van der Waals surface area contributed by atoms with Crippen LogP contribution in [0, 0.1) is 0 Å². The Labute approximate surface area is 201 Å². The van der Waals surface area contributed by atoms with Crippen molar-refractivity contribution in [3.8, 4) is 0 Å². The number of thioether (sulfide) groups is 1. The molecule has 5 rings (SSSR count). The van der Waals surface area contributed by atoms with Gasteiger partial charge in [-0.2, -0.15) is 18.3 Å². The molecule has 2 fully saturated rings. The molecule has 0 radical (unpaired) electrons. The van der Waals surface area contributed by atoms with E-state index >= 15 is 0 Å². The fourth-order valence-electron chi connectivity index (χ4n) is 4.21. The molecule has 176 valence electrons. The van der Waals surface area contributed by atoms with Crippen LogP contribution in [0.15, 0.2) is 47.5 Å². The third-order valence-corrected chi connectivity index (χ3v) is 7.01. The summed E-state index contributed by atoms with van der Waals surface area (Å²) in [5, 5.41) is 4.70. The topological polar surface area (TPSA) is 58.4 Å². The number of halogens is 4. The highest BCUT2D eigenvalue weighted by atomic mass is 35.5. The first-order valence-corrected chi connectivity index (χ1v) is 11.6. The van der Waals surface area contributed by atoms with Crippen LogP contribution in [-0.2, 0) is 17.5 Å². The van der Waals surface area contributed by atoms with Crippen LogP contribution in [0.25, 0.3) is 17.0 Å². The lowest BCUT2D eigenvalue weighted by Crippen LogP contribution is -2.58. The van der Waals surface area contributed by atoms with E-state index in [1.807, 2.05) is 11.9 Å². The molecule has 3 aromatic rings. The third kappa shape index (κ3) is 4.21. The number of hydrogen-bond acceptors (Lipinski definition) is 5. The van der Waals surface area contributed by atoms with E-state index in [2.05, 4.69) is 5.10 Å². The Morgan fingerprint density at radius 2 is 1.94 bits per heavy atom. The lowest BCUT2D eigenvalue weighted by Gasteiger charge is -2.40. The molecule has 3 heterocycles. The summed E-state index contributed by atoms with van der Waals surface area (Å²) in [6.45, 7) is 1.25. The van der Waals surface area contributed by atoms with Crippen LogP contribution in [0.5, 0.6) is 0 Å². The van der Waals surface area contributed by atoms with E-state index in [9.17, 15) is 22.8 Å². The molecule has 2 aliphatic heterocycles. The number of imide groups is 1. The van der Waals surface area contributed by atoms with Crippen molar-refractivity contribution in [1.29, 1.82) is 0 Å². The molecule has 0 N–H and O–H groups in total. The van der Waals surface area contributed by atoms with E-state index < -0.39 is 11.7 Å². The minimum atomic E-state index is -4.53. The number of nitrogens with zero attached hydrogens (tertiary/aromatic N) is 4. The first-order valence-electron chi connectivity index (χ1n) is 10.4. The van der Waals surface area contributed by atoms with Gasteiger partial charge in [-0.15, -0.1) is 0 Å². The Balaban J connectivity index is 1.40. The fraction of sp³-hybridized carbons (Fsp3) is 0.261. The number of likely N-dealkylation sites (N-methyl/N-ethyl adjacent to an activating group) is 1. The van der Waals surface area contributed by atoms with Crippen molar-refractivity contribution in [3.05, 3.63) is 69.2 Å². The number of rotatable bonds is 4. The Kier molecular flexibility index (Phi) is 5.70. The molecule has 0 atom stereocenters. The quantitative estimate of drug-likeness (QED) is 0.460. The van der Waals surface area contributed by atoms with Gasteiger partial charge in [0, 0.05) is 23.5 Å². The van der Waals surface area contributed by atoms with E-state index in [1.54, 1.807) is 30.5 Å². The van der Waals surface area contributed by atoms with Gasteiger partial charge in [-0.1, -0.05) is 23.7 Å². The Bertz CT molecular complexity index is 1350. The largest absolute Gasteiger partial charge is 0.416 e. The van der Waals surface area contributed by atoms with Crippen LogP contribution in [0.3, 0.4) is 0 Å². The number of amides is 2. The maximum Gasteiger partial charge on any atom is 0.416 e. The number of likely N-dealkylation sites (tertiary alicyclic amines) is 1. The van der Waals surface area contributed by atoms with Gasteiger partial charge in [-0.25, -0.2) is 0 Å². The normalized spacial score (nSPS) is 19.0. The molecule has 0 bridgehead atoms. The predicted molar refractivity (Wildman–Crippen MR) is 124 cm³/mol. The predicted octanol–water partition coefficient (Wildman–Crippen LogP) is 5.11. The molecular formula is C23H18ClF3N4O2S. The monoisotopic (exact) mass is 506 g/mol. The van der Waals surface area contributed by atoms with Gasteiger partial charge in [0.2, 0.25) is 0 Å². The van der Waals surface area contributed by atoms with Gasteiger partial charge in [0.05, 0.1) is 34.8 Å². The SMILES string of the molecule is CN1CC(N2C(=O)S/C(=C\c3ccc4c(cnn4Cc4ccc(Cl)cc4C(F)(F)F)c3)C2=O)C1. The Hall–Kier alpha value is -2.82. The van der Waals surface area contributed by atoms with Gasteiger partial charge in [0.1, 0.15) is 0 Å². The molecule has 0 aliphatic carbocycles. The lowest BCUT2D eigenvalue weighted by atomic mass is 10.1. The number of benzene rings is 2. The summed E-state index contributed by atoms with van der Waals surface area (Å²) in [5.41, 5.74) is 0.603. The molecule has 11 heteroatoms. The van der Waals surface area contributed by atoms with Crippen LogP contribution < -0.4 is 0 Å². The number of aromatic nitrogens is 2. The second kappa shape index (κ2) is 8.44. The number of carbonyl (C=O) groups excluding carboxylic acids is 2. The van der Waals surface area contributed by atoms with Crippen molar-refractivity contribution in [2.75, 3.05) is 20.1 Å². The summed E-state index contributed by atoms with van der Waals surface area (Å²) in [4.78, 5) is 28.8. The van der Waals surface area contributed by atoms with Crippen LogP contribution in [0.4, 0.5) is 18.0 Å². The standard InChI is InChI=1S/C23H18ClF3N4O2S/c1-29-11-17(12-29)31-21(32)20(34-22(31)33)7-13-2-5-19-15(6-13)9-28-30(19)10-14-3-4-16(24)8-18(14)23(25,26)27/h2-9,17H,10-12H2,1H3/b20-7-. The van der Waals surface area contributed by atoms with E-state index in [0.717, 1.165) is 17.8 Å². The van der Waals surface area contributed by atoms with E-state index in [1.165, 1.54) is 21.7 Å². The second-order valence-electron chi connectivity index (χ2n) is 8.35. The zero-order valence-corrected chi connectivity index (χ0v) is 19.4. The molecule has 1 aromatic heterocycles. The number of fused-ring (bicyclic) bond motifs is 1. The fourth-order valence-corrected chi connectivity index (χ4v) is 5.28. The van der Waals surface area contributed by atoms with Crippen molar-refractivity contribution in [2.45, 2.75) is 18.8 Å². The molecule has 0 unspecified atom stereocenters. The molecule has 2 aromatic carbocycles. The van der Waals surface area contributed by atoms with Crippen molar-refractivity contribution in [1.82, 2.24) is 19.6 Å². The Morgan fingerprint density at radius 3 is 2.65 bits per heavy atom. The van der Waals surface area contributed by atoms with Crippen molar-refractivity contribution in [3.63, 3.8) is 0 Å². The maximum absolute atomic E-state index is 13.4. The first kappa shape index (κ1) is 22.9. The second-order valence-corrected chi connectivity index (χ2v) is 9.78. The van der Waals surface area contributed by atoms with Gasteiger partial charge >= 0.3 is 6.18 Å². The van der Waals surface area contributed by atoms with Gasteiger partial charge in [0.25, 0.3) is 11.1 Å². The first-order chi connectivity index (χ1) is 16.1. The van der Waals surface area contributed by atoms with Crippen LogP contribution in [-0.4, -0.2) is 56.9 Å². The van der Waals surface area contributed by atoms with Gasteiger partial charge in [0.15, 0.2) is 0 Å². The van der Waals surface area contributed by atoms with Crippen LogP contribution >= 0.6 is 23.4 Å². The highest BCUT2D eigenvalue weighted by molar-refractivity contribution is 8.18. The minimum absolute atomic E-state index is 0.0137. The number of carbonyl (C=O) groups is 2. The third-order valence-electron chi connectivity index (χ3n) is 5.89. The molecule has 6 nitrogen and oxygen atoms in total. The van der Waals surface area contributed by atoms with Crippen molar-refractivity contribution >= 4 is 51.5 Å². The van der Waals surface area contributed by atoms with Crippen molar-refractivity contribution < 1.29 is 22.8 Å². The number of hydrogen-bond donors (Lipinski definition) is 0. The summed E-state index contributed by atoms with van der Waals surface area (Å²) in [6, 6.07) is 8.86. The van der Waals surface area contributed by atoms with Gasteiger partial charge < -0.3 is 4.90 Å². The molecule has 2 saturated heterocycles. The minimum Gasteiger partial charge on any atom is -0.302 e. The maximum atomic E-state index is 13.4. The summed E-state index contributed by atoms with van der Waals surface area (Å²) in [6.07, 6.45) is -1.31. The molecule has 0 spiro atoms. The highest BCUT2D eigenvalue weighted by Gasteiger charge is 2.43. The average Bonchev–Trinajstić information content (AvgIpc) is 3.26. The molecular weight excluding hydrogens is 489 g/mol. The summed E-state index contributed by atoms with van der Waals surface area (Å²) >= 11 is 6.69. The summed E-state index contributed by atoms with van der Waals surface area (Å²) in [7, 11) is 1.93. The van der Waals surface area contributed by atoms with Gasteiger partial charge in [-0.05, 0) is 60.3 Å². The van der Waals surface area contributed by atoms with E-state index in [4.69, 9.17) is 11.6 Å². The van der Waals surface area contributed by atoms with Crippen LogP contribution in [0.1, 0.15) is 16.7 Å². The average molecular weight is 507 g/mol. The molecule has 34 heavy (non-hydrogen) atoms. The summed E-state index contributed by atoms with van der Waals surface area (Å²) in [5.74, 6) is -0.300. The molecule has 2 amide bonds. The lowest BCUT2D eigenvalue weighted by molar-refractivity contribution is -0.138. The van der Waals surface area contributed by atoms with E-state index in [0.29, 0.717) is 34.5 Å². The van der Waals surface area contributed by atoms with Gasteiger partial charge in [-0.3, -0.25) is 19.2 Å². The van der Waals surface area contributed by atoms with Crippen LogP contribution in [0.2, 0.25) is 5.02 Å². The highest BCUT2D eigenvalue weighted by Crippen LogP contribution is 2.36. The number of alkyl halides is 3.